The van der Waals surface area contributed by atoms with Gasteiger partial charge < -0.3 is 20.6 Å². The maximum Gasteiger partial charge on any atom is 0.224 e. The van der Waals surface area contributed by atoms with E-state index in [1.807, 2.05) is 6.07 Å². The Kier molecular flexibility index (Phi) is 3.52. The molecule has 0 radical (unpaired) electrons. The summed E-state index contributed by atoms with van der Waals surface area (Å²) in [5.41, 5.74) is 6.50. The molecule has 1 aromatic carbocycles. The second kappa shape index (κ2) is 5.27. The molecular formula is C13H14N2O3. The zero-order valence-corrected chi connectivity index (χ0v) is 9.72. The van der Waals surface area contributed by atoms with E-state index in [0.717, 1.165) is 5.76 Å². The van der Waals surface area contributed by atoms with Gasteiger partial charge >= 0.3 is 0 Å². The van der Waals surface area contributed by atoms with Gasteiger partial charge in [-0.1, -0.05) is 0 Å². The summed E-state index contributed by atoms with van der Waals surface area (Å²) in [4.78, 5) is 11.7. The van der Waals surface area contributed by atoms with Crippen LogP contribution >= 0.6 is 0 Å². The molecule has 0 fully saturated rings. The number of phenols is 1. The van der Waals surface area contributed by atoms with Crippen LogP contribution in [0, 0.1) is 0 Å². The van der Waals surface area contributed by atoms with Gasteiger partial charge in [0.05, 0.1) is 17.6 Å². The molecule has 1 heterocycles. The van der Waals surface area contributed by atoms with Crippen molar-refractivity contribution in [3.8, 4) is 5.75 Å². The van der Waals surface area contributed by atoms with Crippen molar-refractivity contribution in [2.24, 2.45) is 0 Å². The molecule has 1 amide bonds. The molecule has 5 heteroatoms. The van der Waals surface area contributed by atoms with Crippen molar-refractivity contribution in [2.75, 3.05) is 11.1 Å². The number of amides is 1. The lowest BCUT2D eigenvalue weighted by Crippen LogP contribution is -2.13. The maximum absolute atomic E-state index is 11.7. The van der Waals surface area contributed by atoms with E-state index in [1.54, 1.807) is 18.4 Å². The number of aryl methyl sites for hydroxylation is 1. The molecule has 0 unspecified atom stereocenters. The van der Waals surface area contributed by atoms with Gasteiger partial charge in [-0.05, 0) is 24.3 Å². The minimum absolute atomic E-state index is 0.0704. The number of hydrogen-bond donors (Lipinski definition) is 3. The highest BCUT2D eigenvalue weighted by Crippen LogP contribution is 2.23. The van der Waals surface area contributed by atoms with E-state index in [4.69, 9.17) is 10.2 Å². The molecule has 18 heavy (non-hydrogen) atoms. The predicted octanol–water partition coefficient (Wildman–Crippen LogP) is 2.14. The number of phenolic OH excluding ortho intramolecular Hbond substituents is 1. The van der Waals surface area contributed by atoms with Crippen LogP contribution < -0.4 is 11.1 Å². The van der Waals surface area contributed by atoms with Crippen molar-refractivity contribution in [3.63, 3.8) is 0 Å². The lowest BCUT2D eigenvalue weighted by molar-refractivity contribution is -0.116. The Morgan fingerprint density at radius 1 is 1.39 bits per heavy atom. The normalized spacial score (nSPS) is 10.2. The number of carbonyl (C=O) groups is 1. The first kappa shape index (κ1) is 12.0. The van der Waals surface area contributed by atoms with Gasteiger partial charge in [0.25, 0.3) is 0 Å². The molecule has 4 N–H and O–H groups in total. The van der Waals surface area contributed by atoms with Crippen molar-refractivity contribution in [3.05, 3.63) is 42.4 Å². The first-order valence-electron chi connectivity index (χ1n) is 5.56. The molecule has 0 aliphatic rings. The van der Waals surface area contributed by atoms with Gasteiger partial charge in [-0.2, -0.15) is 0 Å². The second-order valence-electron chi connectivity index (χ2n) is 3.90. The third kappa shape index (κ3) is 3.04. The molecule has 0 aliphatic heterocycles. The molecule has 0 bridgehead atoms. The number of nitrogens with two attached hydrogens (primary N) is 1. The summed E-state index contributed by atoms with van der Waals surface area (Å²) in [6.07, 6.45) is 2.43. The molecule has 1 aromatic heterocycles. The van der Waals surface area contributed by atoms with Gasteiger partial charge in [0.15, 0.2) is 0 Å². The molecular weight excluding hydrogens is 232 g/mol. The number of nitrogens with one attached hydrogen (secondary N) is 1. The highest BCUT2D eigenvalue weighted by atomic mass is 16.3. The standard InChI is InChI=1S/C13H14N2O3/c14-11-8-9(16)3-5-12(11)15-13(17)6-4-10-2-1-7-18-10/h1-3,5,7-8,16H,4,6,14H2,(H,15,17). The van der Waals surface area contributed by atoms with Gasteiger partial charge in [0.1, 0.15) is 11.5 Å². The number of furan rings is 1. The third-order valence-corrected chi connectivity index (χ3v) is 2.49. The molecule has 5 nitrogen and oxygen atoms in total. The van der Waals surface area contributed by atoms with Crippen LogP contribution in [-0.4, -0.2) is 11.0 Å². The molecule has 0 saturated carbocycles. The Morgan fingerprint density at radius 3 is 2.89 bits per heavy atom. The van der Waals surface area contributed by atoms with Gasteiger partial charge in [-0.3, -0.25) is 4.79 Å². The van der Waals surface area contributed by atoms with E-state index in [-0.39, 0.29) is 11.7 Å². The summed E-state index contributed by atoms with van der Waals surface area (Å²) in [5.74, 6) is 0.689. The van der Waals surface area contributed by atoms with Gasteiger partial charge in [-0.15, -0.1) is 0 Å². The van der Waals surface area contributed by atoms with Crippen LogP contribution in [0.1, 0.15) is 12.2 Å². The summed E-state index contributed by atoms with van der Waals surface area (Å²) < 4.78 is 5.14. The first-order chi connectivity index (χ1) is 8.65. The Bertz CT molecular complexity index is 535. The van der Waals surface area contributed by atoms with Crippen molar-refractivity contribution < 1.29 is 14.3 Å². The van der Waals surface area contributed by atoms with E-state index in [2.05, 4.69) is 5.32 Å². The molecule has 0 aliphatic carbocycles. The quantitative estimate of drug-likeness (QED) is 0.569. The lowest BCUT2D eigenvalue weighted by atomic mass is 10.2. The lowest BCUT2D eigenvalue weighted by Gasteiger charge is -2.07. The highest BCUT2D eigenvalue weighted by Gasteiger charge is 2.07. The number of carbonyl (C=O) groups excluding carboxylic acids is 1. The van der Waals surface area contributed by atoms with Crippen LogP contribution in [0.4, 0.5) is 11.4 Å². The molecule has 0 saturated heterocycles. The number of hydrogen-bond acceptors (Lipinski definition) is 4. The summed E-state index contributed by atoms with van der Waals surface area (Å²) in [6, 6.07) is 8.03. The zero-order chi connectivity index (χ0) is 13.0. The van der Waals surface area contributed by atoms with Crippen LogP contribution in [0.25, 0.3) is 0 Å². The Morgan fingerprint density at radius 2 is 2.22 bits per heavy atom. The summed E-state index contributed by atoms with van der Waals surface area (Å²) in [7, 11) is 0. The van der Waals surface area contributed by atoms with Gasteiger partial charge in [0, 0.05) is 18.9 Å². The fraction of sp³-hybridized carbons (Fsp3) is 0.154. The minimum Gasteiger partial charge on any atom is -0.508 e. The largest absolute Gasteiger partial charge is 0.508 e. The van der Waals surface area contributed by atoms with E-state index < -0.39 is 0 Å². The summed E-state index contributed by atoms with van der Waals surface area (Å²) in [5, 5.41) is 11.9. The first-order valence-corrected chi connectivity index (χ1v) is 5.56. The van der Waals surface area contributed by atoms with E-state index >= 15 is 0 Å². The van der Waals surface area contributed by atoms with Crippen LogP contribution in [0.15, 0.2) is 41.0 Å². The molecule has 2 rings (SSSR count). The molecule has 0 spiro atoms. The van der Waals surface area contributed by atoms with Gasteiger partial charge in [-0.25, -0.2) is 0 Å². The maximum atomic E-state index is 11.7. The van der Waals surface area contributed by atoms with Crippen LogP contribution in [0.5, 0.6) is 5.75 Å². The van der Waals surface area contributed by atoms with Crippen molar-refractivity contribution >= 4 is 17.3 Å². The fourth-order valence-corrected chi connectivity index (χ4v) is 1.57. The van der Waals surface area contributed by atoms with Crippen LogP contribution in [0.2, 0.25) is 0 Å². The minimum atomic E-state index is -0.149. The number of rotatable bonds is 4. The van der Waals surface area contributed by atoms with E-state index in [9.17, 15) is 9.90 Å². The smallest absolute Gasteiger partial charge is 0.224 e. The second-order valence-corrected chi connectivity index (χ2v) is 3.90. The molecule has 0 atom stereocenters. The van der Waals surface area contributed by atoms with E-state index in [0.29, 0.717) is 24.2 Å². The van der Waals surface area contributed by atoms with Crippen molar-refractivity contribution in [1.29, 1.82) is 0 Å². The van der Waals surface area contributed by atoms with Crippen LogP contribution in [-0.2, 0) is 11.2 Å². The average Bonchev–Trinajstić information content (AvgIpc) is 2.83. The monoisotopic (exact) mass is 246 g/mol. The molecule has 2 aromatic rings. The number of anilines is 2. The SMILES string of the molecule is Nc1cc(O)ccc1NC(=O)CCc1ccco1. The third-order valence-electron chi connectivity index (χ3n) is 2.49. The summed E-state index contributed by atoms with van der Waals surface area (Å²) >= 11 is 0. The average molecular weight is 246 g/mol. The van der Waals surface area contributed by atoms with E-state index in [1.165, 1.54) is 12.1 Å². The fourth-order valence-electron chi connectivity index (χ4n) is 1.57. The summed E-state index contributed by atoms with van der Waals surface area (Å²) in [6.45, 7) is 0. The molecule has 94 valence electrons. The van der Waals surface area contributed by atoms with Crippen molar-refractivity contribution in [1.82, 2.24) is 0 Å². The topological polar surface area (TPSA) is 88.5 Å². The Balaban J connectivity index is 1.91. The zero-order valence-electron chi connectivity index (χ0n) is 9.72. The highest BCUT2D eigenvalue weighted by molar-refractivity contribution is 5.94. The number of aromatic hydroxyl groups is 1. The Hall–Kier alpha value is -2.43. The van der Waals surface area contributed by atoms with Crippen LogP contribution in [0.3, 0.4) is 0 Å². The van der Waals surface area contributed by atoms with Crippen molar-refractivity contribution in [2.45, 2.75) is 12.8 Å². The van der Waals surface area contributed by atoms with Gasteiger partial charge in [0.2, 0.25) is 5.91 Å². The number of benzene rings is 1. The predicted molar refractivity (Wildman–Crippen MR) is 68.2 cm³/mol. The Labute approximate surface area is 104 Å². The number of nitrogen functional groups attached to an aromatic ring is 1.